The second-order valence-electron chi connectivity index (χ2n) is 5.12. The highest BCUT2D eigenvalue weighted by Gasteiger charge is 2.44. The molecule has 1 saturated carbocycles. The average Bonchev–Trinajstić information content (AvgIpc) is 2.73. The highest BCUT2D eigenvalue weighted by Crippen LogP contribution is 2.46. The lowest BCUT2D eigenvalue weighted by Gasteiger charge is -2.46. The normalized spacial score (nSPS) is 28.3. The predicted molar refractivity (Wildman–Crippen MR) is 67.5 cm³/mol. The Balaban J connectivity index is 2.02. The van der Waals surface area contributed by atoms with Gasteiger partial charge in [-0.3, -0.25) is 4.79 Å². The van der Waals surface area contributed by atoms with Crippen molar-refractivity contribution in [2.24, 2.45) is 11.8 Å². The molecule has 0 saturated heterocycles. The number of nitrogens with zero attached hydrogens (tertiary/aromatic N) is 3. The molecule has 0 aromatic carbocycles. The van der Waals surface area contributed by atoms with E-state index in [1.54, 1.807) is 13.3 Å². The van der Waals surface area contributed by atoms with Gasteiger partial charge in [0.25, 0.3) is 5.56 Å². The number of imidazole rings is 1. The quantitative estimate of drug-likeness (QED) is 0.704. The van der Waals surface area contributed by atoms with Crippen LogP contribution in [0.3, 0.4) is 0 Å². The number of H-pyrrole nitrogens is 1. The smallest absolute Gasteiger partial charge is 0.278 e. The molecule has 3 rings (SSSR count). The first-order valence-corrected chi connectivity index (χ1v) is 6.32. The van der Waals surface area contributed by atoms with E-state index < -0.39 is 6.10 Å². The third-order valence-electron chi connectivity index (χ3n) is 4.05. The maximum Gasteiger partial charge on any atom is 0.278 e. The Morgan fingerprint density at radius 3 is 3.05 bits per heavy atom. The van der Waals surface area contributed by atoms with Gasteiger partial charge in [0, 0.05) is 18.6 Å². The Kier molecular flexibility index (Phi) is 2.87. The summed E-state index contributed by atoms with van der Waals surface area (Å²) in [5.41, 5.74) is 0.561. The zero-order valence-corrected chi connectivity index (χ0v) is 10.5. The van der Waals surface area contributed by atoms with Gasteiger partial charge >= 0.3 is 0 Å². The molecule has 0 aliphatic heterocycles. The molecular formula is C12H16N4O3. The van der Waals surface area contributed by atoms with Gasteiger partial charge in [0.15, 0.2) is 11.2 Å². The Morgan fingerprint density at radius 2 is 2.37 bits per heavy atom. The number of aliphatic hydroxyl groups excluding tert-OH is 2. The van der Waals surface area contributed by atoms with Crippen LogP contribution in [0.25, 0.3) is 11.2 Å². The lowest BCUT2D eigenvalue weighted by molar-refractivity contribution is -0.0464. The second-order valence-corrected chi connectivity index (χ2v) is 5.12. The lowest BCUT2D eigenvalue weighted by atomic mass is 9.67. The predicted octanol–water partition coefficient (Wildman–Crippen LogP) is -0.330. The van der Waals surface area contributed by atoms with Crippen LogP contribution in [0.1, 0.15) is 19.4 Å². The van der Waals surface area contributed by atoms with Crippen LogP contribution in [-0.4, -0.2) is 42.4 Å². The number of hydrogen-bond donors (Lipinski definition) is 3. The van der Waals surface area contributed by atoms with E-state index in [1.807, 2.05) is 4.57 Å². The van der Waals surface area contributed by atoms with E-state index in [1.165, 1.54) is 6.33 Å². The molecule has 1 aliphatic carbocycles. The van der Waals surface area contributed by atoms with Crippen molar-refractivity contribution >= 4 is 11.2 Å². The Hall–Kier alpha value is -1.73. The summed E-state index contributed by atoms with van der Waals surface area (Å²) in [6, 6.07) is 0.0245. The molecule has 7 nitrogen and oxygen atoms in total. The van der Waals surface area contributed by atoms with Gasteiger partial charge in [-0.2, -0.15) is 0 Å². The van der Waals surface area contributed by atoms with Crippen LogP contribution in [0.5, 0.6) is 0 Å². The number of rotatable bonds is 3. The molecule has 2 heterocycles. The average molecular weight is 264 g/mol. The summed E-state index contributed by atoms with van der Waals surface area (Å²) < 4.78 is 1.83. The fourth-order valence-electron chi connectivity index (χ4n) is 3.06. The minimum Gasteiger partial charge on any atom is -0.396 e. The molecule has 1 aliphatic rings. The maximum atomic E-state index is 11.6. The molecule has 1 fully saturated rings. The zero-order chi connectivity index (χ0) is 13.6. The van der Waals surface area contributed by atoms with Gasteiger partial charge in [-0.25, -0.2) is 9.97 Å². The van der Waals surface area contributed by atoms with Crippen LogP contribution < -0.4 is 5.56 Å². The number of aliphatic hydroxyl groups is 2. The lowest BCUT2D eigenvalue weighted by Crippen LogP contribution is -2.46. The van der Waals surface area contributed by atoms with Crippen molar-refractivity contribution in [2.45, 2.75) is 25.5 Å². The van der Waals surface area contributed by atoms with E-state index in [2.05, 4.69) is 15.0 Å². The van der Waals surface area contributed by atoms with Gasteiger partial charge < -0.3 is 19.8 Å². The largest absolute Gasteiger partial charge is 0.396 e. The van der Waals surface area contributed by atoms with E-state index in [9.17, 15) is 15.0 Å². The fraction of sp³-hybridized carbons (Fsp3) is 0.583. The summed E-state index contributed by atoms with van der Waals surface area (Å²) in [4.78, 5) is 22.3. The SMILES string of the molecule is CC(O)C1C(CO)CC1n1cnc2c(=O)[nH]cnc21. The molecule has 0 amide bonds. The van der Waals surface area contributed by atoms with Gasteiger partial charge in [0.2, 0.25) is 0 Å². The summed E-state index contributed by atoms with van der Waals surface area (Å²) >= 11 is 0. The number of fused-ring (bicyclic) bond motifs is 1. The maximum absolute atomic E-state index is 11.6. The third-order valence-corrected chi connectivity index (χ3v) is 4.05. The van der Waals surface area contributed by atoms with E-state index in [0.29, 0.717) is 11.2 Å². The van der Waals surface area contributed by atoms with Crippen molar-refractivity contribution < 1.29 is 10.2 Å². The number of nitrogens with one attached hydrogen (secondary N) is 1. The van der Waals surface area contributed by atoms with Crippen molar-refractivity contribution in [3.63, 3.8) is 0 Å². The summed E-state index contributed by atoms with van der Waals surface area (Å²) in [6.45, 7) is 1.78. The Morgan fingerprint density at radius 1 is 1.58 bits per heavy atom. The number of hydrogen-bond acceptors (Lipinski definition) is 5. The summed E-state index contributed by atoms with van der Waals surface area (Å²) in [7, 11) is 0. The molecule has 0 bridgehead atoms. The van der Waals surface area contributed by atoms with Crippen LogP contribution in [0.15, 0.2) is 17.4 Å². The number of aromatic nitrogens is 4. The molecule has 102 valence electrons. The molecule has 19 heavy (non-hydrogen) atoms. The van der Waals surface area contributed by atoms with E-state index in [-0.39, 0.29) is 30.0 Å². The minimum atomic E-state index is -0.518. The molecule has 4 unspecified atom stereocenters. The van der Waals surface area contributed by atoms with E-state index in [4.69, 9.17) is 0 Å². The first-order valence-electron chi connectivity index (χ1n) is 6.32. The molecule has 2 aromatic heterocycles. The third kappa shape index (κ3) is 1.77. The van der Waals surface area contributed by atoms with Crippen molar-refractivity contribution in [1.29, 1.82) is 0 Å². The standard InChI is InChI=1S/C12H16N4O3/c1-6(18)9-7(3-17)2-8(9)16-5-15-10-11(16)13-4-14-12(10)19/h4-9,17-18H,2-3H2,1H3,(H,13,14,19). The van der Waals surface area contributed by atoms with Crippen LogP contribution in [-0.2, 0) is 0 Å². The minimum absolute atomic E-state index is 0.0245. The van der Waals surface area contributed by atoms with Crippen molar-refractivity contribution in [3.8, 4) is 0 Å². The van der Waals surface area contributed by atoms with Crippen LogP contribution >= 0.6 is 0 Å². The van der Waals surface area contributed by atoms with Gasteiger partial charge in [-0.1, -0.05) is 0 Å². The Labute approximate surface area is 108 Å². The fourth-order valence-corrected chi connectivity index (χ4v) is 3.06. The zero-order valence-electron chi connectivity index (χ0n) is 10.5. The topological polar surface area (TPSA) is 104 Å². The van der Waals surface area contributed by atoms with Crippen LogP contribution in [0, 0.1) is 11.8 Å². The highest BCUT2D eigenvalue weighted by molar-refractivity contribution is 5.69. The monoisotopic (exact) mass is 264 g/mol. The van der Waals surface area contributed by atoms with Gasteiger partial charge in [0.05, 0.1) is 18.8 Å². The van der Waals surface area contributed by atoms with Gasteiger partial charge in [0.1, 0.15) is 0 Å². The number of aromatic amines is 1. The summed E-state index contributed by atoms with van der Waals surface area (Å²) in [5.74, 6) is 0.0490. The van der Waals surface area contributed by atoms with E-state index in [0.717, 1.165) is 6.42 Å². The molecule has 7 heteroatoms. The molecule has 2 aromatic rings. The highest BCUT2D eigenvalue weighted by atomic mass is 16.3. The van der Waals surface area contributed by atoms with Crippen LogP contribution in [0.4, 0.5) is 0 Å². The van der Waals surface area contributed by atoms with Crippen molar-refractivity contribution in [3.05, 3.63) is 23.0 Å². The molecular weight excluding hydrogens is 248 g/mol. The first-order chi connectivity index (χ1) is 9.13. The van der Waals surface area contributed by atoms with Crippen LogP contribution in [0.2, 0.25) is 0 Å². The van der Waals surface area contributed by atoms with E-state index >= 15 is 0 Å². The molecule has 3 N–H and O–H groups in total. The summed E-state index contributed by atoms with van der Waals surface area (Å²) in [5, 5.41) is 19.1. The molecule has 0 radical (unpaired) electrons. The van der Waals surface area contributed by atoms with Gasteiger partial charge in [-0.15, -0.1) is 0 Å². The molecule has 0 spiro atoms. The molecule has 4 atom stereocenters. The summed E-state index contributed by atoms with van der Waals surface area (Å²) in [6.07, 6.45) is 3.17. The second kappa shape index (κ2) is 4.43. The van der Waals surface area contributed by atoms with Gasteiger partial charge in [-0.05, 0) is 19.3 Å². The van der Waals surface area contributed by atoms with Crippen molar-refractivity contribution in [2.75, 3.05) is 6.61 Å². The first kappa shape index (κ1) is 12.3. The Bertz CT molecular complexity index is 648. The van der Waals surface area contributed by atoms with Crippen molar-refractivity contribution in [1.82, 2.24) is 19.5 Å².